The number of aliphatic carboxylic acids is 1. The van der Waals surface area contributed by atoms with Crippen LogP contribution in [-0.4, -0.2) is 80.6 Å². The van der Waals surface area contributed by atoms with E-state index in [1.807, 2.05) is 21.1 Å². The Balaban J connectivity index is 4.42. The van der Waals surface area contributed by atoms with Gasteiger partial charge in [-0.25, -0.2) is 4.79 Å². The summed E-state index contributed by atoms with van der Waals surface area (Å²) in [6, 6.07) is -0.623. The maximum absolute atomic E-state index is 12.7. The third-order valence-corrected chi connectivity index (χ3v) is 9.17. The van der Waals surface area contributed by atoms with Gasteiger partial charge in [0.05, 0.1) is 34.4 Å². The van der Waals surface area contributed by atoms with Crippen molar-refractivity contribution >= 4 is 17.9 Å². The summed E-state index contributed by atoms with van der Waals surface area (Å²) < 4.78 is 17.2. The molecule has 0 saturated carbocycles. The summed E-state index contributed by atoms with van der Waals surface area (Å²) in [5.41, 5.74) is 0. The fourth-order valence-electron chi connectivity index (χ4n) is 5.81. The number of quaternary nitrogens is 1. The molecule has 0 amide bonds. The molecule has 0 aromatic rings. The predicted molar refractivity (Wildman–Crippen MR) is 224 cm³/mol. The average molecular weight is 759 g/mol. The van der Waals surface area contributed by atoms with E-state index in [9.17, 15) is 19.5 Å². The van der Waals surface area contributed by atoms with Crippen LogP contribution in [0.5, 0.6) is 0 Å². The number of carbonyl (C=O) groups is 3. The van der Waals surface area contributed by atoms with Crippen molar-refractivity contribution in [2.75, 3.05) is 41.0 Å². The zero-order valence-corrected chi connectivity index (χ0v) is 35.2. The molecule has 0 heterocycles. The summed E-state index contributed by atoms with van der Waals surface area (Å²) in [6.45, 7) is 4.62. The van der Waals surface area contributed by atoms with Gasteiger partial charge in [0.15, 0.2) is 12.1 Å². The first-order valence-electron chi connectivity index (χ1n) is 21.3. The maximum atomic E-state index is 12.7. The van der Waals surface area contributed by atoms with Crippen LogP contribution in [0, 0.1) is 0 Å². The van der Waals surface area contributed by atoms with E-state index in [1.54, 1.807) is 0 Å². The third-order valence-electron chi connectivity index (χ3n) is 9.17. The summed E-state index contributed by atoms with van der Waals surface area (Å²) in [5.74, 6) is -1.53. The van der Waals surface area contributed by atoms with Crippen LogP contribution in [0.2, 0.25) is 0 Å². The minimum Gasteiger partial charge on any atom is -0.477 e. The highest BCUT2D eigenvalue weighted by molar-refractivity contribution is 5.72. The molecular formula is C46H80NO7+. The Morgan fingerprint density at radius 3 is 1.48 bits per heavy atom. The normalized spacial score (nSPS) is 13.6. The quantitative estimate of drug-likeness (QED) is 0.0291. The van der Waals surface area contributed by atoms with Gasteiger partial charge in [0.2, 0.25) is 0 Å². The summed E-state index contributed by atoms with van der Waals surface area (Å²) in [4.78, 5) is 36.8. The lowest BCUT2D eigenvalue weighted by Crippen LogP contribution is -2.50. The Kier molecular flexibility index (Phi) is 34.9. The molecule has 0 fully saturated rings. The van der Waals surface area contributed by atoms with Crippen LogP contribution in [-0.2, 0) is 28.6 Å². The van der Waals surface area contributed by atoms with Gasteiger partial charge in [0, 0.05) is 19.3 Å². The second-order valence-electron chi connectivity index (χ2n) is 15.2. The highest BCUT2D eigenvalue weighted by Crippen LogP contribution is 2.13. The van der Waals surface area contributed by atoms with Crippen molar-refractivity contribution in [3.8, 4) is 0 Å². The molecule has 0 aromatic carbocycles. The number of rotatable bonds is 37. The van der Waals surface area contributed by atoms with Gasteiger partial charge in [0.25, 0.3) is 0 Å². The van der Waals surface area contributed by atoms with E-state index in [0.29, 0.717) is 19.3 Å². The van der Waals surface area contributed by atoms with Gasteiger partial charge in [-0.15, -0.1) is 0 Å². The molecular weight excluding hydrogens is 679 g/mol. The Bertz CT molecular complexity index is 1070. The summed E-state index contributed by atoms with van der Waals surface area (Å²) >= 11 is 0. The van der Waals surface area contributed by atoms with Gasteiger partial charge in [-0.3, -0.25) is 9.59 Å². The van der Waals surface area contributed by atoms with E-state index < -0.39 is 18.1 Å². The Morgan fingerprint density at radius 2 is 0.981 bits per heavy atom. The monoisotopic (exact) mass is 759 g/mol. The molecule has 310 valence electrons. The van der Waals surface area contributed by atoms with Crippen LogP contribution in [0.3, 0.4) is 0 Å². The zero-order chi connectivity index (χ0) is 40.0. The molecule has 2 atom stereocenters. The van der Waals surface area contributed by atoms with Gasteiger partial charge in [-0.05, 0) is 64.2 Å². The van der Waals surface area contributed by atoms with Crippen molar-refractivity contribution in [3.63, 3.8) is 0 Å². The van der Waals surface area contributed by atoms with E-state index in [0.717, 1.165) is 57.8 Å². The van der Waals surface area contributed by atoms with E-state index in [1.165, 1.54) is 64.2 Å². The average Bonchev–Trinajstić information content (AvgIpc) is 3.12. The third kappa shape index (κ3) is 34.8. The number of carbonyl (C=O) groups excluding carboxylic acids is 2. The Labute approximate surface area is 330 Å². The van der Waals surface area contributed by atoms with E-state index >= 15 is 0 Å². The van der Waals surface area contributed by atoms with Crippen LogP contribution < -0.4 is 0 Å². The summed E-state index contributed by atoms with van der Waals surface area (Å²) in [5, 5.41) is 9.59. The lowest BCUT2D eigenvalue weighted by Gasteiger charge is -2.31. The fraction of sp³-hybridized carbons (Fsp3) is 0.717. The molecule has 2 unspecified atom stereocenters. The van der Waals surface area contributed by atoms with Crippen LogP contribution in [0.25, 0.3) is 0 Å². The smallest absolute Gasteiger partial charge is 0.362 e. The molecule has 0 saturated heterocycles. The first-order valence-corrected chi connectivity index (χ1v) is 21.3. The molecule has 0 bridgehead atoms. The standard InChI is InChI=1S/C46H79NO7/c1-6-8-10-12-14-16-17-18-19-20-21-22-23-24-25-26-27-29-31-33-35-37-45(49)54-42(40-52-39-38-43(46(50)51)47(3,4)5)41-53-44(48)36-34-32-30-28-15-13-11-9-7-2/h14,16,18-19,21-22,24-25,27,29,42-43H,6-13,15,17,20,23,26,28,30-41H2,1-5H3/p+1/b16-14+,19-18+,22-21+,25-24+,29-27+. The van der Waals surface area contributed by atoms with Crippen LogP contribution in [0.4, 0.5) is 0 Å². The second kappa shape index (κ2) is 37.0. The van der Waals surface area contributed by atoms with Crippen molar-refractivity contribution in [1.82, 2.24) is 0 Å². The lowest BCUT2D eigenvalue weighted by atomic mass is 10.1. The number of carboxylic acids is 1. The van der Waals surface area contributed by atoms with E-state index in [2.05, 4.69) is 74.6 Å². The molecule has 0 spiro atoms. The first kappa shape index (κ1) is 51.0. The molecule has 54 heavy (non-hydrogen) atoms. The number of carboxylic acid groups (broad SMARTS) is 1. The number of nitrogens with zero attached hydrogens (tertiary/aromatic N) is 1. The number of hydrogen-bond donors (Lipinski definition) is 1. The van der Waals surface area contributed by atoms with Crippen molar-refractivity contribution in [1.29, 1.82) is 0 Å². The molecule has 8 nitrogen and oxygen atoms in total. The summed E-state index contributed by atoms with van der Waals surface area (Å²) in [7, 11) is 5.50. The van der Waals surface area contributed by atoms with Crippen LogP contribution >= 0.6 is 0 Å². The van der Waals surface area contributed by atoms with Crippen LogP contribution in [0.15, 0.2) is 60.8 Å². The number of unbranched alkanes of at least 4 members (excludes halogenated alkanes) is 13. The van der Waals surface area contributed by atoms with Gasteiger partial charge in [0.1, 0.15) is 6.61 Å². The van der Waals surface area contributed by atoms with Gasteiger partial charge >= 0.3 is 17.9 Å². The molecule has 0 aliphatic carbocycles. The van der Waals surface area contributed by atoms with Gasteiger partial charge in [-0.1, -0.05) is 139 Å². The number of likely N-dealkylation sites (N-methyl/N-ethyl adjacent to an activating group) is 1. The number of ether oxygens (including phenoxy) is 3. The Morgan fingerprint density at radius 1 is 0.556 bits per heavy atom. The van der Waals surface area contributed by atoms with Gasteiger partial charge < -0.3 is 23.8 Å². The van der Waals surface area contributed by atoms with Crippen molar-refractivity contribution in [3.05, 3.63) is 60.8 Å². The molecule has 0 aromatic heterocycles. The highest BCUT2D eigenvalue weighted by Gasteiger charge is 2.31. The molecule has 0 radical (unpaired) electrons. The fourth-order valence-corrected chi connectivity index (χ4v) is 5.81. The van der Waals surface area contributed by atoms with Crippen molar-refractivity contribution in [2.24, 2.45) is 0 Å². The minimum absolute atomic E-state index is 0.0424. The van der Waals surface area contributed by atoms with Crippen molar-refractivity contribution < 1.29 is 38.2 Å². The topological polar surface area (TPSA) is 99.1 Å². The SMILES string of the molecule is CCCCC/C=C/C/C=C/C/C=C/C/C=C/C/C=C/CCCCC(=O)OC(COCCC(C(=O)O)[N+](C)(C)C)COC(=O)CCCCCCCCCCC. The highest BCUT2D eigenvalue weighted by atomic mass is 16.6. The second-order valence-corrected chi connectivity index (χ2v) is 15.2. The lowest BCUT2D eigenvalue weighted by molar-refractivity contribution is -0.887. The molecule has 0 aliphatic heterocycles. The zero-order valence-electron chi connectivity index (χ0n) is 35.2. The molecule has 0 aliphatic rings. The largest absolute Gasteiger partial charge is 0.477 e. The molecule has 8 heteroatoms. The Hall–Kier alpha value is -2.97. The number of esters is 2. The van der Waals surface area contributed by atoms with Gasteiger partial charge in [-0.2, -0.15) is 0 Å². The number of allylic oxidation sites excluding steroid dienone is 10. The summed E-state index contributed by atoms with van der Waals surface area (Å²) in [6.07, 6.45) is 44.1. The van der Waals surface area contributed by atoms with Crippen molar-refractivity contribution in [2.45, 2.75) is 174 Å². The first-order chi connectivity index (χ1) is 26.1. The number of hydrogen-bond acceptors (Lipinski definition) is 6. The minimum atomic E-state index is -0.884. The predicted octanol–water partition coefficient (Wildman–Crippen LogP) is 11.4. The molecule has 1 N–H and O–H groups in total. The molecule has 0 rings (SSSR count). The van der Waals surface area contributed by atoms with Crippen LogP contribution in [0.1, 0.15) is 162 Å². The van der Waals surface area contributed by atoms with E-state index in [4.69, 9.17) is 14.2 Å². The maximum Gasteiger partial charge on any atom is 0.362 e. The van der Waals surface area contributed by atoms with E-state index in [-0.39, 0.29) is 42.7 Å².